The normalized spacial score (nSPS) is 10.3. The first-order valence-corrected chi connectivity index (χ1v) is 6.55. The number of ether oxygens (including phenoxy) is 1. The Bertz CT molecular complexity index is 799. The van der Waals surface area contributed by atoms with Crippen LogP contribution in [0.2, 0.25) is 0 Å². The van der Waals surface area contributed by atoms with Gasteiger partial charge in [0.2, 0.25) is 0 Å². The minimum Gasteiger partial charge on any atom is -0.465 e. The van der Waals surface area contributed by atoms with Crippen LogP contribution in [0.15, 0.2) is 60.9 Å². The van der Waals surface area contributed by atoms with Gasteiger partial charge in [-0.2, -0.15) is 0 Å². The molecule has 1 N–H and O–H groups in total. The standard InChI is InChI=1S/C17H14N2O2/c1-21-17(20)14-9-16(11-18-10-14)19-15-7-6-12-4-2-3-5-13(12)8-15/h2-11,19H,1H3. The molecule has 0 spiro atoms. The van der Waals surface area contributed by atoms with E-state index in [0.29, 0.717) is 5.56 Å². The molecule has 0 aliphatic rings. The highest BCUT2D eigenvalue weighted by Crippen LogP contribution is 2.22. The lowest BCUT2D eigenvalue weighted by Gasteiger charge is -2.08. The number of hydrogen-bond donors (Lipinski definition) is 1. The van der Waals surface area contributed by atoms with Gasteiger partial charge in [0.25, 0.3) is 0 Å². The first-order chi connectivity index (χ1) is 10.3. The third-order valence-corrected chi connectivity index (χ3v) is 3.20. The van der Waals surface area contributed by atoms with Gasteiger partial charge in [0.05, 0.1) is 24.6 Å². The molecule has 0 saturated carbocycles. The number of nitrogens with zero attached hydrogens (tertiary/aromatic N) is 1. The molecule has 3 aromatic rings. The van der Waals surface area contributed by atoms with Crippen LogP contribution in [0.25, 0.3) is 10.8 Å². The average molecular weight is 278 g/mol. The van der Waals surface area contributed by atoms with E-state index in [-0.39, 0.29) is 0 Å². The first kappa shape index (κ1) is 13.1. The summed E-state index contributed by atoms with van der Waals surface area (Å²) in [5, 5.41) is 5.58. The molecule has 0 unspecified atom stereocenters. The summed E-state index contributed by atoms with van der Waals surface area (Å²) in [5.41, 5.74) is 2.11. The van der Waals surface area contributed by atoms with Crippen LogP contribution in [0.1, 0.15) is 10.4 Å². The Balaban J connectivity index is 1.89. The maximum absolute atomic E-state index is 11.5. The molecule has 3 rings (SSSR count). The Morgan fingerprint density at radius 2 is 1.81 bits per heavy atom. The lowest BCUT2D eigenvalue weighted by Crippen LogP contribution is -2.02. The van der Waals surface area contributed by atoms with Crippen molar-refractivity contribution in [2.24, 2.45) is 0 Å². The SMILES string of the molecule is COC(=O)c1cncc(Nc2ccc3ccccc3c2)c1. The maximum atomic E-state index is 11.5. The minimum absolute atomic E-state index is 0.398. The van der Waals surface area contributed by atoms with Crippen LogP contribution in [0, 0.1) is 0 Å². The lowest BCUT2D eigenvalue weighted by atomic mass is 10.1. The molecule has 1 heterocycles. The molecule has 0 bridgehead atoms. The third kappa shape index (κ3) is 2.84. The number of pyridine rings is 1. The van der Waals surface area contributed by atoms with Gasteiger partial charge in [-0.25, -0.2) is 4.79 Å². The zero-order valence-corrected chi connectivity index (χ0v) is 11.5. The van der Waals surface area contributed by atoms with Gasteiger partial charge in [-0.15, -0.1) is 0 Å². The molecule has 0 atom stereocenters. The molecule has 1 aromatic heterocycles. The highest BCUT2D eigenvalue weighted by molar-refractivity contribution is 5.90. The van der Waals surface area contributed by atoms with Crippen LogP contribution in [0.3, 0.4) is 0 Å². The molecule has 0 saturated heterocycles. The van der Waals surface area contributed by atoms with Crippen molar-refractivity contribution < 1.29 is 9.53 Å². The first-order valence-electron chi connectivity index (χ1n) is 6.55. The van der Waals surface area contributed by atoms with E-state index < -0.39 is 5.97 Å². The van der Waals surface area contributed by atoms with Crippen molar-refractivity contribution in [3.8, 4) is 0 Å². The summed E-state index contributed by atoms with van der Waals surface area (Å²) in [4.78, 5) is 15.6. The van der Waals surface area contributed by atoms with Gasteiger partial charge in [0.1, 0.15) is 0 Å². The quantitative estimate of drug-likeness (QED) is 0.741. The average Bonchev–Trinajstić information content (AvgIpc) is 2.54. The van der Waals surface area contributed by atoms with Gasteiger partial charge in [-0.05, 0) is 29.0 Å². The van der Waals surface area contributed by atoms with E-state index in [1.165, 1.54) is 18.7 Å². The third-order valence-electron chi connectivity index (χ3n) is 3.20. The van der Waals surface area contributed by atoms with Crippen LogP contribution in [-0.4, -0.2) is 18.1 Å². The Hall–Kier alpha value is -2.88. The fraction of sp³-hybridized carbons (Fsp3) is 0.0588. The largest absolute Gasteiger partial charge is 0.465 e. The fourth-order valence-electron chi connectivity index (χ4n) is 2.17. The molecule has 0 fully saturated rings. The van der Waals surface area contributed by atoms with Gasteiger partial charge < -0.3 is 10.1 Å². The number of hydrogen-bond acceptors (Lipinski definition) is 4. The van der Waals surface area contributed by atoms with Gasteiger partial charge in [0.15, 0.2) is 0 Å². The predicted molar refractivity (Wildman–Crippen MR) is 82.8 cm³/mol. The molecule has 0 amide bonds. The lowest BCUT2D eigenvalue weighted by molar-refractivity contribution is 0.0600. The molecular formula is C17H14N2O2. The van der Waals surface area contributed by atoms with Crippen LogP contribution in [0.5, 0.6) is 0 Å². The minimum atomic E-state index is -0.398. The smallest absolute Gasteiger partial charge is 0.339 e. The van der Waals surface area contributed by atoms with E-state index in [4.69, 9.17) is 4.74 Å². The molecule has 4 heteroatoms. The fourth-order valence-corrected chi connectivity index (χ4v) is 2.17. The number of carbonyl (C=O) groups is 1. The van der Waals surface area contributed by atoms with E-state index in [1.54, 1.807) is 12.3 Å². The highest BCUT2D eigenvalue weighted by Gasteiger charge is 2.06. The number of rotatable bonds is 3. The van der Waals surface area contributed by atoms with E-state index in [1.807, 2.05) is 18.2 Å². The molecule has 4 nitrogen and oxygen atoms in total. The second kappa shape index (κ2) is 5.63. The van der Waals surface area contributed by atoms with Crippen LogP contribution >= 0.6 is 0 Å². The van der Waals surface area contributed by atoms with Crippen molar-refractivity contribution >= 4 is 28.1 Å². The number of carbonyl (C=O) groups excluding carboxylic acids is 1. The molecule has 21 heavy (non-hydrogen) atoms. The second-order valence-electron chi connectivity index (χ2n) is 4.64. The van der Waals surface area contributed by atoms with Crippen LogP contribution in [0.4, 0.5) is 11.4 Å². The van der Waals surface area contributed by atoms with Gasteiger partial charge in [-0.3, -0.25) is 4.98 Å². The predicted octanol–water partition coefficient (Wildman–Crippen LogP) is 3.77. The summed E-state index contributed by atoms with van der Waals surface area (Å²) in [6.07, 6.45) is 3.15. The number of methoxy groups -OCH3 is 1. The van der Waals surface area contributed by atoms with Crippen molar-refractivity contribution in [2.75, 3.05) is 12.4 Å². The number of anilines is 2. The molecule has 0 radical (unpaired) electrons. The van der Waals surface area contributed by atoms with E-state index >= 15 is 0 Å². The van der Waals surface area contributed by atoms with E-state index in [0.717, 1.165) is 16.8 Å². The summed E-state index contributed by atoms with van der Waals surface area (Å²) in [6, 6.07) is 16.0. The maximum Gasteiger partial charge on any atom is 0.339 e. The summed E-state index contributed by atoms with van der Waals surface area (Å²) in [6.45, 7) is 0. The Morgan fingerprint density at radius 3 is 2.62 bits per heavy atom. The van der Waals surface area contributed by atoms with Crippen molar-refractivity contribution in [3.63, 3.8) is 0 Å². The summed E-state index contributed by atoms with van der Waals surface area (Å²) in [7, 11) is 1.35. The summed E-state index contributed by atoms with van der Waals surface area (Å²) < 4.78 is 4.69. The number of benzene rings is 2. The highest BCUT2D eigenvalue weighted by atomic mass is 16.5. The summed E-state index contributed by atoms with van der Waals surface area (Å²) >= 11 is 0. The zero-order valence-electron chi connectivity index (χ0n) is 11.5. The molecule has 0 aliphatic carbocycles. The molecule has 104 valence electrons. The summed E-state index contributed by atoms with van der Waals surface area (Å²) in [5.74, 6) is -0.398. The topological polar surface area (TPSA) is 51.2 Å². The monoisotopic (exact) mass is 278 g/mol. The molecule has 2 aromatic carbocycles. The number of esters is 1. The molecular weight excluding hydrogens is 264 g/mol. The van der Waals surface area contributed by atoms with E-state index in [2.05, 4.69) is 34.6 Å². The van der Waals surface area contributed by atoms with Gasteiger partial charge in [-0.1, -0.05) is 30.3 Å². The van der Waals surface area contributed by atoms with Crippen molar-refractivity contribution in [3.05, 3.63) is 66.5 Å². The van der Waals surface area contributed by atoms with Crippen molar-refractivity contribution in [2.45, 2.75) is 0 Å². The second-order valence-corrected chi connectivity index (χ2v) is 4.64. The van der Waals surface area contributed by atoms with Crippen molar-refractivity contribution in [1.82, 2.24) is 4.98 Å². The number of nitrogens with one attached hydrogen (secondary N) is 1. The van der Waals surface area contributed by atoms with Crippen molar-refractivity contribution in [1.29, 1.82) is 0 Å². The van der Waals surface area contributed by atoms with Crippen LogP contribution < -0.4 is 5.32 Å². The Labute approximate surface area is 122 Å². The Morgan fingerprint density at radius 1 is 1.00 bits per heavy atom. The van der Waals surface area contributed by atoms with Gasteiger partial charge in [0, 0.05) is 11.9 Å². The van der Waals surface area contributed by atoms with Crippen LogP contribution in [-0.2, 0) is 4.74 Å². The number of aromatic nitrogens is 1. The molecule has 0 aliphatic heterocycles. The Kier molecular flexibility index (Phi) is 3.51. The van der Waals surface area contributed by atoms with Gasteiger partial charge >= 0.3 is 5.97 Å². The van der Waals surface area contributed by atoms with E-state index in [9.17, 15) is 4.79 Å². The zero-order chi connectivity index (χ0) is 14.7. The number of fused-ring (bicyclic) bond motifs is 1.